The van der Waals surface area contributed by atoms with Crippen LogP contribution in [0.5, 0.6) is 0 Å². The Bertz CT molecular complexity index is 653. The normalized spacial score (nSPS) is 15.3. The number of hydrazine groups is 1. The molecule has 1 aromatic heterocycles. The monoisotopic (exact) mass is 256 g/mol. The lowest BCUT2D eigenvalue weighted by Crippen LogP contribution is -2.34. The van der Waals surface area contributed by atoms with Gasteiger partial charge in [-0.2, -0.15) is 0 Å². The van der Waals surface area contributed by atoms with E-state index in [0.29, 0.717) is 5.56 Å². The van der Waals surface area contributed by atoms with Crippen molar-refractivity contribution in [2.24, 2.45) is 5.84 Å². The second kappa shape index (κ2) is 4.60. The molecule has 0 atom stereocenters. The summed E-state index contributed by atoms with van der Waals surface area (Å²) in [6, 6.07) is 7.69. The van der Waals surface area contributed by atoms with Gasteiger partial charge >= 0.3 is 0 Å². The van der Waals surface area contributed by atoms with Gasteiger partial charge in [0.1, 0.15) is 0 Å². The van der Waals surface area contributed by atoms with Gasteiger partial charge in [0.25, 0.3) is 5.91 Å². The molecule has 1 aromatic carbocycles. The van der Waals surface area contributed by atoms with E-state index in [1.807, 2.05) is 31.3 Å². The van der Waals surface area contributed by atoms with Crippen molar-refractivity contribution in [3.05, 3.63) is 41.1 Å². The Morgan fingerprint density at radius 3 is 3.00 bits per heavy atom. The second-order valence-electron chi connectivity index (χ2n) is 4.89. The Morgan fingerprint density at radius 1 is 1.42 bits per heavy atom. The summed E-state index contributed by atoms with van der Waals surface area (Å²) in [7, 11) is 2.04. The summed E-state index contributed by atoms with van der Waals surface area (Å²) in [5.41, 5.74) is 5.77. The molecule has 0 saturated carbocycles. The average Bonchev–Trinajstić information content (AvgIpc) is 2.44. The molecule has 0 bridgehead atoms. The number of rotatable bonds is 1. The average molecular weight is 256 g/mol. The number of para-hydroxylation sites is 1. The van der Waals surface area contributed by atoms with Gasteiger partial charge in [0.2, 0.25) is 0 Å². The van der Waals surface area contributed by atoms with Gasteiger partial charge in [0.15, 0.2) is 0 Å². The zero-order chi connectivity index (χ0) is 13.4. The predicted octanol–water partition coefficient (Wildman–Crippen LogP) is 0.826. The van der Waals surface area contributed by atoms with Crippen LogP contribution in [0, 0.1) is 0 Å². The molecule has 0 fully saturated rings. The number of nitrogens with two attached hydrogens (primary N) is 1. The van der Waals surface area contributed by atoms with E-state index in [-0.39, 0.29) is 5.91 Å². The molecule has 1 amide bonds. The molecule has 2 heterocycles. The van der Waals surface area contributed by atoms with Gasteiger partial charge in [-0.15, -0.1) is 0 Å². The van der Waals surface area contributed by atoms with Crippen LogP contribution in [0.15, 0.2) is 24.3 Å². The fourth-order valence-electron chi connectivity index (χ4n) is 2.66. The lowest BCUT2D eigenvalue weighted by Gasteiger charge is -2.26. The molecule has 1 aliphatic rings. The van der Waals surface area contributed by atoms with Gasteiger partial charge in [0, 0.05) is 36.2 Å². The van der Waals surface area contributed by atoms with Crippen LogP contribution < -0.4 is 11.3 Å². The summed E-state index contributed by atoms with van der Waals surface area (Å²) in [5, 5.41) is 0.861. The van der Waals surface area contributed by atoms with Gasteiger partial charge in [-0.05, 0) is 13.1 Å². The van der Waals surface area contributed by atoms with E-state index in [0.717, 1.165) is 41.7 Å². The van der Waals surface area contributed by atoms with Crippen LogP contribution >= 0.6 is 0 Å². The number of nitrogen functional groups attached to an aromatic ring is 1. The minimum absolute atomic E-state index is 0.245. The number of fused-ring (bicyclic) bond motifs is 2. The number of nitrogens with one attached hydrogen (secondary N) is 1. The Hall–Kier alpha value is -1.98. The smallest absolute Gasteiger partial charge is 0.266 e. The third-order valence-corrected chi connectivity index (χ3v) is 3.60. The Morgan fingerprint density at radius 2 is 2.21 bits per heavy atom. The molecular weight excluding hydrogens is 240 g/mol. The lowest BCUT2D eigenvalue weighted by atomic mass is 9.95. The zero-order valence-corrected chi connectivity index (χ0v) is 10.8. The second-order valence-corrected chi connectivity index (χ2v) is 4.89. The van der Waals surface area contributed by atoms with E-state index in [2.05, 4.69) is 15.3 Å². The van der Waals surface area contributed by atoms with Crippen LogP contribution in [-0.2, 0) is 13.0 Å². The van der Waals surface area contributed by atoms with E-state index in [1.54, 1.807) is 0 Å². The number of aromatic nitrogens is 1. The van der Waals surface area contributed by atoms with Crippen molar-refractivity contribution >= 4 is 16.8 Å². The first-order valence-corrected chi connectivity index (χ1v) is 6.30. The summed E-state index contributed by atoms with van der Waals surface area (Å²) in [6.07, 6.45) is 0.863. The van der Waals surface area contributed by atoms with Crippen LogP contribution in [0.25, 0.3) is 10.9 Å². The highest BCUT2D eigenvalue weighted by atomic mass is 16.2. The molecule has 19 heavy (non-hydrogen) atoms. The van der Waals surface area contributed by atoms with Crippen molar-refractivity contribution < 1.29 is 4.79 Å². The predicted molar refractivity (Wildman–Crippen MR) is 73.4 cm³/mol. The quantitative estimate of drug-likeness (QED) is 0.450. The highest BCUT2D eigenvalue weighted by molar-refractivity contribution is 6.07. The number of nitrogens with zero attached hydrogens (tertiary/aromatic N) is 2. The van der Waals surface area contributed by atoms with Gasteiger partial charge in [-0.3, -0.25) is 15.2 Å². The summed E-state index contributed by atoms with van der Waals surface area (Å²) in [6.45, 7) is 1.69. The number of carbonyl (C=O) groups is 1. The number of hydrogen-bond acceptors (Lipinski definition) is 4. The van der Waals surface area contributed by atoms with Gasteiger partial charge in [-0.1, -0.05) is 18.2 Å². The Balaban J connectivity index is 2.33. The van der Waals surface area contributed by atoms with Crippen LogP contribution in [0.3, 0.4) is 0 Å². The summed E-state index contributed by atoms with van der Waals surface area (Å²) in [4.78, 5) is 19.0. The van der Waals surface area contributed by atoms with Crippen molar-refractivity contribution in [1.29, 1.82) is 0 Å². The lowest BCUT2D eigenvalue weighted by molar-refractivity contribution is 0.0953. The Kier molecular flexibility index (Phi) is 2.93. The Labute approximate surface area is 111 Å². The highest BCUT2D eigenvalue weighted by Crippen LogP contribution is 2.27. The topological polar surface area (TPSA) is 71.2 Å². The first kappa shape index (κ1) is 12.1. The molecule has 0 unspecified atom stereocenters. The number of likely N-dealkylation sites (N-methyl/N-ethyl adjacent to an activating group) is 1. The van der Waals surface area contributed by atoms with Crippen molar-refractivity contribution in [2.45, 2.75) is 13.0 Å². The van der Waals surface area contributed by atoms with Crippen molar-refractivity contribution in [1.82, 2.24) is 15.3 Å². The molecule has 0 aliphatic carbocycles. The third kappa shape index (κ3) is 1.97. The fourth-order valence-corrected chi connectivity index (χ4v) is 2.66. The number of benzene rings is 1. The molecule has 0 radical (unpaired) electrons. The molecule has 5 heteroatoms. The summed E-state index contributed by atoms with van der Waals surface area (Å²) in [5.74, 6) is 5.08. The van der Waals surface area contributed by atoms with Crippen LogP contribution in [0.2, 0.25) is 0 Å². The maximum absolute atomic E-state index is 12.1. The molecule has 0 saturated heterocycles. The number of hydrogen-bond donors (Lipinski definition) is 2. The first-order chi connectivity index (χ1) is 9.20. The van der Waals surface area contributed by atoms with E-state index < -0.39 is 0 Å². The molecule has 98 valence electrons. The maximum atomic E-state index is 12.1. The molecule has 3 N–H and O–H groups in total. The van der Waals surface area contributed by atoms with Crippen molar-refractivity contribution in [3.63, 3.8) is 0 Å². The highest BCUT2D eigenvalue weighted by Gasteiger charge is 2.23. The minimum Gasteiger partial charge on any atom is -0.302 e. The summed E-state index contributed by atoms with van der Waals surface area (Å²) < 4.78 is 0. The van der Waals surface area contributed by atoms with Crippen molar-refractivity contribution in [3.8, 4) is 0 Å². The van der Waals surface area contributed by atoms with E-state index in [4.69, 9.17) is 5.84 Å². The molecule has 5 nitrogen and oxygen atoms in total. The zero-order valence-electron chi connectivity index (χ0n) is 10.8. The SMILES string of the molecule is CN1CCc2nc3ccccc3c(C(=O)NN)c2C1. The summed E-state index contributed by atoms with van der Waals surface area (Å²) >= 11 is 0. The number of carbonyl (C=O) groups excluding carboxylic acids is 1. The third-order valence-electron chi connectivity index (χ3n) is 3.60. The fraction of sp³-hybridized carbons (Fsp3) is 0.286. The minimum atomic E-state index is -0.245. The van der Waals surface area contributed by atoms with Gasteiger partial charge < -0.3 is 4.90 Å². The number of pyridine rings is 1. The largest absolute Gasteiger partial charge is 0.302 e. The molecule has 0 spiro atoms. The molecule has 2 aromatic rings. The maximum Gasteiger partial charge on any atom is 0.266 e. The van der Waals surface area contributed by atoms with Gasteiger partial charge in [0.05, 0.1) is 11.1 Å². The van der Waals surface area contributed by atoms with Crippen molar-refractivity contribution in [2.75, 3.05) is 13.6 Å². The van der Waals surface area contributed by atoms with Crippen LogP contribution in [0.1, 0.15) is 21.6 Å². The van der Waals surface area contributed by atoms with E-state index >= 15 is 0 Å². The number of amides is 1. The molecule has 1 aliphatic heterocycles. The van der Waals surface area contributed by atoms with Crippen LogP contribution in [-0.4, -0.2) is 29.4 Å². The van der Waals surface area contributed by atoms with Crippen LogP contribution in [0.4, 0.5) is 0 Å². The standard InChI is InChI=1S/C14H16N4O/c1-18-7-6-12-10(8-18)13(14(19)17-15)9-4-2-3-5-11(9)16-12/h2-5H,6-8,15H2,1H3,(H,17,19). The first-order valence-electron chi connectivity index (χ1n) is 6.30. The molecule has 3 rings (SSSR count). The van der Waals surface area contributed by atoms with E-state index in [1.165, 1.54) is 0 Å². The van der Waals surface area contributed by atoms with E-state index in [9.17, 15) is 4.79 Å². The van der Waals surface area contributed by atoms with Gasteiger partial charge in [-0.25, -0.2) is 5.84 Å². The molecular formula is C14H16N4O.